The molecule has 1 heterocycles. The van der Waals surface area contributed by atoms with Gasteiger partial charge in [-0.25, -0.2) is 0 Å². The number of carbonyl (C=O) groups excluding carboxylic acids is 2. The van der Waals surface area contributed by atoms with Gasteiger partial charge in [0.25, 0.3) is 0 Å². The number of nitrogens with zero attached hydrogens (tertiary/aromatic N) is 1. The summed E-state index contributed by atoms with van der Waals surface area (Å²) in [7, 11) is 0. The summed E-state index contributed by atoms with van der Waals surface area (Å²) in [6.45, 7) is 1.44. The zero-order valence-electron chi connectivity index (χ0n) is 11.3. The maximum Gasteiger partial charge on any atom is 0.234 e. The molecule has 0 aromatic heterocycles. The SMILES string of the molecule is Cl.NCC(=O)NC1CCN(C(=O)C2CCCCC2)C1. The first-order valence-corrected chi connectivity index (χ1v) is 6.99. The molecule has 2 aliphatic rings. The standard InChI is InChI=1S/C13H23N3O2.ClH/c14-8-12(17)15-11-6-7-16(9-11)13(18)10-4-2-1-3-5-10;/h10-11H,1-9,14H2,(H,15,17);1H. The van der Waals surface area contributed by atoms with Gasteiger partial charge in [-0.15, -0.1) is 12.4 Å². The molecule has 0 aromatic carbocycles. The molecule has 1 atom stereocenters. The number of nitrogens with two attached hydrogens (primary N) is 1. The molecule has 2 rings (SSSR count). The van der Waals surface area contributed by atoms with E-state index in [4.69, 9.17) is 5.73 Å². The second-order valence-electron chi connectivity index (χ2n) is 5.38. The largest absolute Gasteiger partial charge is 0.350 e. The Morgan fingerprint density at radius 3 is 2.47 bits per heavy atom. The van der Waals surface area contributed by atoms with Crippen molar-refractivity contribution in [1.29, 1.82) is 0 Å². The molecule has 3 N–H and O–H groups in total. The van der Waals surface area contributed by atoms with E-state index >= 15 is 0 Å². The molecule has 1 aliphatic heterocycles. The minimum atomic E-state index is -0.132. The predicted molar refractivity (Wildman–Crippen MR) is 76.0 cm³/mol. The van der Waals surface area contributed by atoms with Crippen molar-refractivity contribution in [2.24, 2.45) is 11.7 Å². The highest BCUT2D eigenvalue weighted by molar-refractivity contribution is 5.85. The lowest BCUT2D eigenvalue weighted by Gasteiger charge is -2.26. The Kier molecular flexibility index (Phi) is 6.58. The lowest BCUT2D eigenvalue weighted by Crippen LogP contribution is -2.42. The Hall–Kier alpha value is -0.810. The van der Waals surface area contributed by atoms with Crippen LogP contribution in [0.25, 0.3) is 0 Å². The van der Waals surface area contributed by atoms with E-state index in [-0.39, 0.29) is 36.8 Å². The van der Waals surface area contributed by atoms with Crippen LogP contribution in [0.15, 0.2) is 0 Å². The van der Waals surface area contributed by atoms with E-state index in [2.05, 4.69) is 5.32 Å². The van der Waals surface area contributed by atoms with Crippen LogP contribution in [0.4, 0.5) is 0 Å². The molecule has 0 spiro atoms. The van der Waals surface area contributed by atoms with E-state index < -0.39 is 0 Å². The zero-order valence-corrected chi connectivity index (χ0v) is 12.1. The monoisotopic (exact) mass is 289 g/mol. The molecule has 1 unspecified atom stereocenters. The number of carbonyl (C=O) groups is 2. The van der Waals surface area contributed by atoms with Gasteiger partial charge in [0, 0.05) is 25.0 Å². The number of halogens is 1. The smallest absolute Gasteiger partial charge is 0.234 e. The summed E-state index contributed by atoms with van der Waals surface area (Å²) in [5, 5.41) is 2.86. The summed E-state index contributed by atoms with van der Waals surface area (Å²) in [5.41, 5.74) is 5.27. The highest BCUT2D eigenvalue weighted by atomic mass is 35.5. The van der Waals surface area contributed by atoms with Crippen LogP contribution in [-0.2, 0) is 9.59 Å². The van der Waals surface area contributed by atoms with Gasteiger partial charge in [-0.05, 0) is 19.3 Å². The number of hydrogen-bond donors (Lipinski definition) is 2. The van der Waals surface area contributed by atoms with Crippen LogP contribution < -0.4 is 11.1 Å². The first-order valence-electron chi connectivity index (χ1n) is 6.99. The second kappa shape index (κ2) is 7.70. The van der Waals surface area contributed by atoms with Gasteiger partial charge in [0.2, 0.25) is 11.8 Å². The fourth-order valence-electron chi connectivity index (χ4n) is 2.97. The molecule has 19 heavy (non-hydrogen) atoms. The van der Waals surface area contributed by atoms with Crippen molar-refractivity contribution in [3.05, 3.63) is 0 Å². The van der Waals surface area contributed by atoms with Gasteiger partial charge >= 0.3 is 0 Å². The Bertz CT molecular complexity index is 319. The molecule has 0 aromatic rings. The molecule has 2 fully saturated rings. The minimum absolute atomic E-state index is 0. The number of rotatable bonds is 3. The fraction of sp³-hybridized carbons (Fsp3) is 0.846. The van der Waals surface area contributed by atoms with Crippen molar-refractivity contribution in [2.75, 3.05) is 19.6 Å². The summed E-state index contributed by atoms with van der Waals surface area (Å²) in [6, 6.07) is 0.0913. The zero-order chi connectivity index (χ0) is 13.0. The average molecular weight is 290 g/mol. The van der Waals surface area contributed by atoms with Crippen LogP contribution in [0.5, 0.6) is 0 Å². The number of amides is 2. The molecular formula is C13H24ClN3O2. The minimum Gasteiger partial charge on any atom is -0.350 e. The Balaban J connectivity index is 0.00000180. The van der Waals surface area contributed by atoms with Crippen LogP contribution in [0.2, 0.25) is 0 Å². The molecule has 6 heteroatoms. The van der Waals surface area contributed by atoms with Crippen molar-refractivity contribution in [3.8, 4) is 0 Å². The molecule has 1 aliphatic carbocycles. The Morgan fingerprint density at radius 1 is 1.16 bits per heavy atom. The van der Waals surface area contributed by atoms with Gasteiger partial charge in [0.1, 0.15) is 0 Å². The molecule has 5 nitrogen and oxygen atoms in total. The van der Waals surface area contributed by atoms with E-state index in [1.165, 1.54) is 19.3 Å². The lowest BCUT2D eigenvalue weighted by atomic mass is 9.88. The summed E-state index contributed by atoms with van der Waals surface area (Å²) in [5.74, 6) is 0.383. The van der Waals surface area contributed by atoms with Gasteiger partial charge < -0.3 is 16.0 Å². The van der Waals surface area contributed by atoms with Gasteiger partial charge in [0.05, 0.1) is 6.54 Å². The Labute approximate surface area is 120 Å². The van der Waals surface area contributed by atoms with E-state index in [1.54, 1.807) is 0 Å². The molecule has 2 amide bonds. The summed E-state index contributed by atoms with van der Waals surface area (Å²) >= 11 is 0. The maximum absolute atomic E-state index is 12.3. The van der Waals surface area contributed by atoms with E-state index in [0.717, 1.165) is 25.8 Å². The van der Waals surface area contributed by atoms with Crippen LogP contribution in [0.3, 0.4) is 0 Å². The van der Waals surface area contributed by atoms with Crippen LogP contribution in [0.1, 0.15) is 38.5 Å². The molecule has 110 valence electrons. The van der Waals surface area contributed by atoms with Crippen molar-refractivity contribution in [3.63, 3.8) is 0 Å². The van der Waals surface area contributed by atoms with Gasteiger partial charge in [-0.2, -0.15) is 0 Å². The number of likely N-dealkylation sites (tertiary alicyclic amines) is 1. The molecule has 0 radical (unpaired) electrons. The second-order valence-corrected chi connectivity index (χ2v) is 5.38. The van der Waals surface area contributed by atoms with E-state index in [9.17, 15) is 9.59 Å². The first kappa shape index (κ1) is 16.2. The third kappa shape index (κ3) is 4.35. The van der Waals surface area contributed by atoms with Crippen LogP contribution in [0, 0.1) is 5.92 Å². The van der Waals surface area contributed by atoms with E-state index in [0.29, 0.717) is 12.5 Å². The topological polar surface area (TPSA) is 75.4 Å². The lowest BCUT2D eigenvalue weighted by molar-refractivity contribution is -0.135. The third-order valence-electron chi connectivity index (χ3n) is 4.00. The molecular weight excluding hydrogens is 266 g/mol. The van der Waals surface area contributed by atoms with Gasteiger partial charge in [-0.3, -0.25) is 9.59 Å². The molecule has 1 saturated heterocycles. The third-order valence-corrected chi connectivity index (χ3v) is 4.00. The van der Waals surface area contributed by atoms with E-state index in [1.807, 2.05) is 4.90 Å². The summed E-state index contributed by atoms with van der Waals surface area (Å²) in [4.78, 5) is 25.4. The van der Waals surface area contributed by atoms with Crippen molar-refractivity contribution in [2.45, 2.75) is 44.6 Å². The fourth-order valence-corrected chi connectivity index (χ4v) is 2.97. The van der Waals surface area contributed by atoms with Crippen molar-refractivity contribution < 1.29 is 9.59 Å². The highest BCUT2D eigenvalue weighted by Gasteiger charge is 2.31. The van der Waals surface area contributed by atoms with Crippen molar-refractivity contribution in [1.82, 2.24) is 10.2 Å². The molecule has 0 bridgehead atoms. The van der Waals surface area contributed by atoms with Crippen LogP contribution in [-0.4, -0.2) is 42.4 Å². The quantitative estimate of drug-likeness (QED) is 0.802. The van der Waals surface area contributed by atoms with Crippen molar-refractivity contribution >= 4 is 24.2 Å². The van der Waals surface area contributed by atoms with Gasteiger partial charge in [-0.1, -0.05) is 19.3 Å². The van der Waals surface area contributed by atoms with Crippen LogP contribution >= 0.6 is 12.4 Å². The predicted octanol–water partition coefficient (Wildman–Crippen LogP) is 0.664. The highest BCUT2D eigenvalue weighted by Crippen LogP contribution is 2.26. The first-order chi connectivity index (χ1) is 8.70. The average Bonchev–Trinajstić information content (AvgIpc) is 2.87. The summed E-state index contributed by atoms with van der Waals surface area (Å²) in [6.07, 6.45) is 6.54. The Morgan fingerprint density at radius 2 is 1.84 bits per heavy atom. The molecule has 1 saturated carbocycles. The number of hydrogen-bond acceptors (Lipinski definition) is 3. The normalized spacial score (nSPS) is 23.8. The maximum atomic E-state index is 12.3. The number of nitrogens with one attached hydrogen (secondary N) is 1. The van der Waals surface area contributed by atoms with Gasteiger partial charge in [0.15, 0.2) is 0 Å². The summed E-state index contributed by atoms with van der Waals surface area (Å²) < 4.78 is 0.